The number of nitrogens with zero attached hydrogens (tertiary/aromatic N) is 3. The van der Waals surface area contributed by atoms with Crippen molar-refractivity contribution in [3.63, 3.8) is 0 Å². The maximum Gasteiger partial charge on any atom is 0.275 e. The highest BCUT2D eigenvalue weighted by Gasteiger charge is 2.27. The van der Waals surface area contributed by atoms with Crippen molar-refractivity contribution in [2.75, 3.05) is 26.7 Å². The minimum Gasteiger partial charge on any atom is -0.445 e. The van der Waals surface area contributed by atoms with E-state index in [1.165, 1.54) is 9.75 Å². The van der Waals surface area contributed by atoms with E-state index in [1.807, 2.05) is 18.4 Å². The predicted octanol–water partition coefficient (Wildman–Crippen LogP) is 3.26. The Balaban J connectivity index is 1.53. The molecular weight excluding hydrogens is 322 g/mol. The van der Waals surface area contributed by atoms with Gasteiger partial charge in [0, 0.05) is 43.4 Å². The normalized spacial score (nSPS) is 18.2. The van der Waals surface area contributed by atoms with Gasteiger partial charge in [-0.3, -0.25) is 9.69 Å². The number of rotatable bonds is 5. The summed E-state index contributed by atoms with van der Waals surface area (Å²) < 4.78 is 5.38. The molecule has 5 nitrogen and oxygen atoms in total. The maximum atomic E-state index is 12.5. The first kappa shape index (κ1) is 17.2. The van der Waals surface area contributed by atoms with E-state index in [2.05, 4.69) is 28.9 Å². The Labute approximate surface area is 147 Å². The number of aromatic nitrogens is 1. The molecular formula is C18H25N3O2S. The van der Waals surface area contributed by atoms with Crippen LogP contribution in [0, 0.1) is 26.7 Å². The largest absolute Gasteiger partial charge is 0.445 e. The molecule has 0 bridgehead atoms. The number of hydrogen-bond acceptors (Lipinski definition) is 5. The Morgan fingerprint density at radius 3 is 2.83 bits per heavy atom. The third kappa shape index (κ3) is 3.87. The van der Waals surface area contributed by atoms with Crippen LogP contribution in [-0.2, 0) is 6.54 Å². The average Bonchev–Trinajstić information content (AvgIpc) is 3.21. The van der Waals surface area contributed by atoms with Crippen LogP contribution in [0.1, 0.15) is 38.3 Å². The van der Waals surface area contributed by atoms with Gasteiger partial charge in [-0.05, 0) is 44.9 Å². The first-order chi connectivity index (χ1) is 11.4. The summed E-state index contributed by atoms with van der Waals surface area (Å²) >= 11 is 1.87. The predicted molar refractivity (Wildman–Crippen MR) is 95.4 cm³/mol. The van der Waals surface area contributed by atoms with Crippen molar-refractivity contribution in [1.82, 2.24) is 14.8 Å². The number of amides is 1. The highest BCUT2D eigenvalue weighted by molar-refractivity contribution is 7.11. The molecule has 1 aliphatic heterocycles. The lowest BCUT2D eigenvalue weighted by Crippen LogP contribution is -2.33. The molecule has 3 rings (SSSR count). The summed E-state index contributed by atoms with van der Waals surface area (Å²) in [5, 5.41) is 0. The number of thiophene rings is 1. The zero-order chi connectivity index (χ0) is 17.3. The van der Waals surface area contributed by atoms with Crippen LogP contribution < -0.4 is 0 Å². The van der Waals surface area contributed by atoms with Gasteiger partial charge in [0.2, 0.25) is 0 Å². The van der Waals surface area contributed by atoms with Crippen molar-refractivity contribution in [1.29, 1.82) is 0 Å². The molecule has 0 aliphatic carbocycles. The molecule has 0 spiro atoms. The number of oxazole rings is 1. The fourth-order valence-electron chi connectivity index (χ4n) is 3.37. The molecule has 0 aromatic carbocycles. The van der Waals surface area contributed by atoms with Crippen LogP contribution in [-0.4, -0.2) is 47.4 Å². The number of carbonyl (C=O) groups excluding carboxylic acids is 1. The van der Waals surface area contributed by atoms with Gasteiger partial charge in [0.05, 0.1) is 0 Å². The molecule has 2 aromatic heterocycles. The standard InChI is InChI=1S/C18H25N3O2S/c1-12-5-6-16(24-12)11-21-8-7-15(10-21)9-20(4)18(22)17-13(2)23-14(3)19-17/h5-6,15H,7-11H2,1-4H3/t15-/m1/s1. The number of carbonyl (C=O) groups is 1. The lowest BCUT2D eigenvalue weighted by Gasteiger charge is -2.21. The van der Waals surface area contributed by atoms with Gasteiger partial charge >= 0.3 is 0 Å². The number of hydrogen-bond donors (Lipinski definition) is 0. The molecule has 130 valence electrons. The highest BCUT2D eigenvalue weighted by atomic mass is 32.1. The summed E-state index contributed by atoms with van der Waals surface area (Å²) in [7, 11) is 1.86. The maximum absolute atomic E-state index is 12.5. The van der Waals surface area contributed by atoms with E-state index < -0.39 is 0 Å². The third-order valence-electron chi connectivity index (χ3n) is 4.53. The molecule has 0 radical (unpaired) electrons. The fraction of sp³-hybridized carbons (Fsp3) is 0.556. The first-order valence-corrected chi connectivity index (χ1v) is 9.21. The van der Waals surface area contributed by atoms with E-state index in [9.17, 15) is 4.79 Å². The summed E-state index contributed by atoms with van der Waals surface area (Å²) in [4.78, 5) is 23.8. The molecule has 2 aromatic rings. The van der Waals surface area contributed by atoms with Crippen LogP contribution >= 0.6 is 11.3 Å². The minimum atomic E-state index is -0.0447. The summed E-state index contributed by atoms with van der Waals surface area (Å²) in [5.74, 6) is 1.62. The second-order valence-electron chi connectivity index (χ2n) is 6.73. The van der Waals surface area contributed by atoms with Gasteiger partial charge in [-0.1, -0.05) is 0 Å². The summed E-state index contributed by atoms with van der Waals surface area (Å²) in [5.41, 5.74) is 0.443. The Morgan fingerprint density at radius 2 is 2.21 bits per heavy atom. The molecule has 1 saturated heterocycles. The average molecular weight is 347 g/mol. The lowest BCUT2D eigenvalue weighted by atomic mass is 10.1. The topological polar surface area (TPSA) is 49.6 Å². The zero-order valence-electron chi connectivity index (χ0n) is 14.8. The molecule has 0 saturated carbocycles. The Bertz CT molecular complexity index is 722. The first-order valence-electron chi connectivity index (χ1n) is 8.39. The van der Waals surface area contributed by atoms with Gasteiger partial charge in [0.25, 0.3) is 5.91 Å². The second kappa shape index (κ2) is 7.07. The van der Waals surface area contributed by atoms with Crippen LogP contribution in [0.3, 0.4) is 0 Å². The van der Waals surface area contributed by atoms with Gasteiger partial charge in [0.1, 0.15) is 5.76 Å². The van der Waals surface area contributed by atoms with Crippen LogP contribution in [0.5, 0.6) is 0 Å². The smallest absolute Gasteiger partial charge is 0.275 e. The lowest BCUT2D eigenvalue weighted by molar-refractivity contribution is 0.0766. The fourth-order valence-corrected chi connectivity index (χ4v) is 4.31. The van der Waals surface area contributed by atoms with Gasteiger partial charge in [-0.25, -0.2) is 4.98 Å². The summed E-state index contributed by atoms with van der Waals surface area (Å²) in [6, 6.07) is 4.40. The van der Waals surface area contributed by atoms with Crippen molar-refractivity contribution in [2.45, 2.75) is 33.7 Å². The SMILES string of the molecule is Cc1nc(C(=O)N(C)C[C@H]2CCN(Cc3ccc(C)s3)C2)c(C)o1. The monoisotopic (exact) mass is 347 g/mol. The molecule has 1 fully saturated rings. The summed E-state index contributed by atoms with van der Waals surface area (Å²) in [6.45, 7) is 9.65. The quantitative estimate of drug-likeness (QED) is 0.833. The van der Waals surface area contributed by atoms with E-state index in [-0.39, 0.29) is 5.91 Å². The van der Waals surface area contributed by atoms with Crippen molar-refractivity contribution in [2.24, 2.45) is 5.92 Å². The zero-order valence-corrected chi connectivity index (χ0v) is 15.7. The number of likely N-dealkylation sites (tertiary alicyclic amines) is 1. The van der Waals surface area contributed by atoms with Crippen LogP contribution in [0.2, 0.25) is 0 Å². The van der Waals surface area contributed by atoms with Gasteiger partial charge in [-0.15, -0.1) is 11.3 Å². The Hall–Kier alpha value is -1.66. The van der Waals surface area contributed by atoms with Crippen molar-refractivity contribution >= 4 is 17.2 Å². The molecule has 3 heterocycles. The van der Waals surface area contributed by atoms with E-state index in [0.717, 1.165) is 32.6 Å². The third-order valence-corrected chi connectivity index (χ3v) is 5.52. The molecule has 6 heteroatoms. The van der Waals surface area contributed by atoms with Gasteiger partial charge in [-0.2, -0.15) is 0 Å². The second-order valence-corrected chi connectivity index (χ2v) is 8.10. The molecule has 24 heavy (non-hydrogen) atoms. The van der Waals surface area contributed by atoms with E-state index in [4.69, 9.17) is 4.42 Å². The van der Waals surface area contributed by atoms with Crippen molar-refractivity contribution in [3.8, 4) is 0 Å². The van der Waals surface area contributed by atoms with E-state index in [1.54, 1.807) is 18.7 Å². The molecule has 0 unspecified atom stereocenters. The van der Waals surface area contributed by atoms with Gasteiger partial charge < -0.3 is 9.32 Å². The van der Waals surface area contributed by atoms with Crippen LogP contribution in [0.25, 0.3) is 0 Å². The van der Waals surface area contributed by atoms with Crippen molar-refractivity contribution < 1.29 is 9.21 Å². The Morgan fingerprint density at radius 1 is 1.42 bits per heavy atom. The van der Waals surface area contributed by atoms with Crippen LogP contribution in [0.15, 0.2) is 16.5 Å². The number of aryl methyl sites for hydroxylation is 3. The summed E-state index contributed by atoms with van der Waals surface area (Å²) in [6.07, 6.45) is 1.14. The molecule has 1 amide bonds. The minimum absolute atomic E-state index is 0.0447. The van der Waals surface area contributed by atoms with E-state index >= 15 is 0 Å². The highest BCUT2D eigenvalue weighted by Crippen LogP contribution is 2.23. The molecule has 1 aliphatic rings. The van der Waals surface area contributed by atoms with E-state index in [0.29, 0.717) is 23.3 Å². The van der Waals surface area contributed by atoms with Gasteiger partial charge in [0.15, 0.2) is 11.6 Å². The molecule has 0 N–H and O–H groups in total. The van der Waals surface area contributed by atoms with Crippen LogP contribution in [0.4, 0.5) is 0 Å². The molecule has 1 atom stereocenters. The Kier molecular flexibility index (Phi) is 5.06. The van der Waals surface area contributed by atoms with Crippen molar-refractivity contribution in [3.05, 3.63) is 39.2 Å².